The number of hydrogen-bond acceptors (Lipinski definition) is 1. The van der Waals surface area contributed by atoms with Gasteiger partial charge in [0.05, 0.1) is 12.5 Å². The van der Waals surface area contributed by atoms with E-state index >= 15 is 0 Å². The lowest BCUT2D eigenvalue weighted by molar-refractivity contribution is 0.356. The van der Waals surface area contributed by atoms with Crippen molar-refractivity contribution in [2.75, 3.05) is 0 Å². The molecule has 0 N–H and O–H groups in total. The number of rotatable bonds is 3. The number of allylic oxidation sites excluding steroid dienone is 2. The summed E-state index contributed by atoms with van der Waals surface area (Å²) in [5.74, 6) is -0.189. The molecule has 1 aromatic rings. The number of nitrogens with zero attached hydrogens (tertiary/aromatic N) is 1. The van der Waals surface area contributed by atoms with Crippen molar-refractivity contribution in [1.82, 2.24) is 0 Å². The van der Waals surface area contributed by atoms with Crippen LogP contribution < -0.4 is 0 Å². The average Bonchev–Trinajstić information content (AvgIpc) is 2.41. The van der Waals surface area contributed by atoms with Crippen molar-refractivity contribution >= 4 is 0 Å². The molecule has 2 heteroatoms. The number of benzene rings is 1. The molecule has 1 aliphatic carbocycles. The molecule has 0 saturated heterocycles. The van der Waals surface area contributed by atoms with Gasteiger partial charge in [-0.25, -0.2) is 4.39 Å². The zero-order valence-corrected chi connectivity index (χ0v) is 10.5. The van der Waals surface area contributed by atoms with Crippen LogP contribution in [0.5, 0.6) is 0 Å². The van der Waals surface area contributed by atoms with E-state index < -0.39 is 0 Å². The minimum atomic E-state index is -0.189. The Kier molecular flexibility index (Phi) is 4.15. The van der Waals surface area contributed by atoms with Crippen LogP contribution in [0.25, 0.3) is 0 Å². The van der Waals surface area contributed by atoms with Crippen LogP contribution in [-0.4, -0.2) is 0 Å². The van der Waals surface area contributed by atoms with E-state index in [-0.39, 0.29) is 11.2 Å². The highest BCUT2D eigenvalue weighted by Gasteiger charge is 2.30. The minimum absolute atomic E-state index is 0.0167. The van der Waals surface area contributed by atoms with Crippen molar-refractivity contribution in [1.29, 1.82) is 5.26 Å². The molecule has 1 aliphatic rings. The first-order chi connectivity index (χ1) is 8.77. The number of nitriles is 1. The molecule has 0 aromatic heterocycles. The zero-order valence-electron chi connectivity index (χ0n) is 10.5. The van der Waals surface area contributed by atoms with Crippen LogP contribution in [0.4, 0.5) is 4.39 Å². The molecule has 0 unspecified atom stereocenters. The molecule has 0 heterocycles. The summed E-state index contributed by atoms with van der Waals surface area (Å²) in [6.07, 6.45) is 10.4. The maximum Gasteiger partial charge on any atom is 0.123 e. The Morgan fingerprint density at radius 1 is 1.17 bits per heavy atom. The second-order valence-electron chi connectivity index (χ2n) is 4.99. The second kappa shape index (κ2) is 5.82. The van der Waals surface area contributed by atoms with E-state index in [1.165, 1.54) is 37.0 Å². The largest absolute Gasteiger partial charge is 0.207 e. The normalized spacial score (nSPS) is 18.7. The molecule has 2 rings (SSSR count). The Hall–Kier alpha value is -1.62. The lowest BCUT2D eigenvalue weighted by Gasteiger charge is -2.35. The van der Waals surface area contributed by atoms with Crippen molar-refractivity contribution in [2.24, 2.45) is 0 Å². The van der Waals surface area contributed by atoms with Crippen molar-refractivity contribution in [3.63, 3.8) is 0 Å². The highest BCUT2D eigenvalue weighted by molar-refractivity contribution is 5.32. The minimum Gasteiger partial charge on any atom is -0.207 e. The summed E-state index contributed by atoms with van der Waals surface area (Å²) in [5, 5.41) is 8.64. The molecule has 0 amide bonds. The molecule has 18 heavy (non-hydrogen) atoms. The van der Waals surface area contributed by atoms with Crippen molar-refractivity contribution in [3.8, 4) is 6.07 Å². The van der Waals surface area contributed by atoms with Gasteiger partial charge >= 0.3 is 0 Å². The van der Waals surface area contributed by atoms with Gasteiger partial charge in [-0.15, -0.1) is 0 Å². The van der Waals surface area contributed by atoms with Crippen molar-refractivity contribution in [2.45, 2.75) is 43.9 Å². The van der Waals surface area contributed by atoms with Crippen molar-refractivity contribution < 1.29 is 4.39 Å². The highest BCUT2D eigenvalue weighted by atomic mass is 19.1. The van der Waals surface area contributed by atoms with Gasteiger partial charge in [-0.05, 0) is 30.5 Å². The Bertz CT molecular complexity index is 447. The van der Waals surface area contributed by atoms with E-state index in [4.69, 9.17) is 5.26 Å². The van der Waals surface area contributed by atoms with E-state index in [0.29, 0.717) is 6.42 Å². The molecular weight excluding hydrogens is 225 g/mol. The first-order valence-corrected chi connectivity index (χ1v) is 6.57. The maximum absolute atomic E-state index is 13.0. The van der Waals surface area contributed by atoms with E-state index in [9.17, 15) is 4.39 Å². The van der Waals surface area contributed by atoms with Crippen LogP contribution in [0, 0.1) is 17.1 Å². The molecular formula is C16H18FN. The third kappa shape index (κ3) is 2.79. The molecule has 1 nitrogen and oxygen atoms in total. The standard InChI is InChI=1S/C16H18FN/c17-15-8-6-14(7-9-15)16(12-4-5-13-18)10-2-1-3-11-16/h4,6-9,12H,1-3,5,10-11H2. The molecule has 0 atom stereocenters. The molecule has 0 aliphatic heterocycles. The van der Waals surface area contributed by atoms with Crippen molar-refractivity contribution in [3.05, 3.63) is 47.8 Å². The van der Waals surface area contributed by atoms with Crippen LogP contribution in [0.1, 0.15) is 44.1 Å². The maximum atomic E-state index is 13.0. The Morgan fingerprint density at radius 2 is 1.83 bits per heavy atom. The topological polar surface area (TPSA) is 23.8 Å². The highest BCUT2D eigenvalue weighted by Crippen LogP contribution is 2.40. The quantitative estimate of drug-likeness (QED) is 0.717. The first kappa shape index (κ1) is 12.8. The van der Waals surface area contributed by atoms with Crippen LogP contribution in [0.2, 0.25) is 0 Å². The second-order valence-corrected chi connectivity index (χ2v) is 4.99. The van der Waals surface area contributed by atoms with Gasteiger partial charge in [0, 0.05) is 5.41 Å². The van der Waals surface area contributed by atoms with E-state index in [1.807, 2.05) is 18.2 Å². The van der Waals surface area contributed by atoms with E-state index in [1.54, 1.807) is 0 Å². The van der Waals surface area contributed by atoms with Gasteiger partial charge < -0.3 is 0 Å². The fraction of sp³-hybridized carbons (Fsp3) is 0.438. The van der Waals surface area contributed by atoms with Crippen LogP contribution in [0.15, 0.2) is 36.4 Å². The van der Waals surface area contributed by atoms with E-state index in [0.717, 1.165) is 12.8 Å². The monoisotopic (exact) mass is 243 g/mol. The Balaban J connectivity index is 2.29. The lowest BCUT2D eigenvalue weighted by Crippen LogP contribution is -2.26. The van der Waals surface area contributed by atoms with Crippen LogP contribution >= 0.6 is 0 Å². The molecule has 94 valence electrons. The number of hydrogen-bond donors (Lipinski definition) is 0. The third-order valence-corrected chi connectivity index (χ3v) is 3.81. The predicted molar refractivity (Wildman–Crippen MR) is 70.5 cm³/mol. The fourth-order valence-electron chi connectivity index (χ4n) is 2.85. The van der Waals surface area contributed by atoms with Crippen LogP contribution in [-0.2, 0) is 5.41 Å². The third-order valence-electron chi connectivity index (χ3n) is 3.81. The average molecular weight is 243 g/mol. The summed E-state index contributed by atoms with van der Waals surface area (Å²) in [4.78, 5) is 0. The SMILES string of the molecule is N#CCC=CC1(c2ccc(F)cc2)CCCCC1. The summed E-state index contributed by atoms with van der Waals surface area (Å²) in [6.45, 7) is 0. The van der Waals surface area contributed by atoms with Gasteiger partial charge in [0.1, 0.15) is 5.82 Å². The smallest absolute Gasteiger partial charge is 0.123 e. The summed E-state index contributed by atoms with van der Waals surface area (Å²) < 4.78 is 13.0. The van der Waals surface area contributed by atoms with Gasteiger partial charge in [0.25, 0.3) is 0 Å². The van der Waals surface area contributed by atoms with Gasteiger partial charge in [0.2, 0.25) is 0 Å². The zero-order chi connectivity index (χ0) is 12.8. The molecule has 1 saturated carbocycles. The molecule has 0 bridgehead atoms. The first-order valence-electron chi connectivity index (χ1n) is 6.57. The molecule has 1 fully saturated rings. The predicted octanol–water partition coefficient (Wildman–Crippen LogP) is 4.50. The molecule has 0 radical (unpaired) electrons. The summed E-state index contributed by atoms with van der Waals surface area (Å²) in [5.41, 5.74) is 1.20. The van der Waals surface area contributed by atoms with Gasteiger partial charge in [0.15, 0.2) is 0 Å². The lowest BCUT2D eigenvalue weighted by atomic mass is 9.69. The fourth-order valence-corrected chi connectivity index (χ4v) is 2.85. The van der Waals surface area contributed by atoms with Gasteiger partial charge in [-0.1, -0.05) is 43.5 Å². The van der Waals surface area contributed by atoms with Crippen LogP contribution in [0.3, 0.4) is 0 Å². The summed E-state index contributed by atoms with van der Waals surface area (Å²) in [6, 6.07) is 8.97. The Labute approximate surface area is 108 Å². The van der Waals surface area contributed by atoms with Gasteiger partial charge in [-0.3, -0.25) is 0 Å². The van der Waals surface area contributed by atoms with E-state index in [2.05, 4.69) is 12.1 Å². The molecule has 0 spiro atoms. The number of halogens is 1. The summed E-state index contributed by atoms with van der Waals surface area (Å²) >= 11 is 0. The summed E-state index contributed by atoms with van der Waals surface area (Å²) in [7, 11) is 0. The van der Waals surface area contributed by atoms with Gasteiger partial charge in [-0.2, -0.15) is 5.26 Å². The molecule has 1 aromatic carbocycles. The Morgan fingerprint density at radius 3 is 2.44 bits per heavy atom.